The van der Waals surface area contributed by atoms with Gasteiger partial charge in [0.15, 0.2) is 5.84 Å². The maximum Gasteiger partial charge on any atom is 0.285 e. The second kappa shape index (κ2) is 7.13. The lowest BCUT2D eigenvalue weighted by molar-refractivity contribution is -0.126. The molecule has 1 fully saturated rings. The predicted octanol–water partition coefficient (Wildman–Crippen LogP) is 0.559. The SMILES string of the molecule is CC(CN)CNC(=O)C1CCN(C2=NS(=O)(=O)c3ccccc32)CC1. The third kappa shape index (κ3) is 3.69. The number of sulfonamides is 1. The fourth-order valence-electron chi connectivity index (χ4n) is 3.17. The zero-order chi connectivity index (χ0) is 18.0. The summed E-state index contributed by atoms with van der Waals surface area (Å²) in [6.07, 6.45) is 1.37. The first-order valence-corrected chi connectivity index (χ1v) is 10.0. The van der Waals surface area contributed by atoms with E-state index in [2.05, 4.69) is 9.71 Å². The minimum atomic E-state index is -3.60. The molecular formula is C17H24N4O3S. The molecular weight excluding hydrogens is 340 g/mol. The highest BCUT2D eigenvalue weighted by molar-refractivity contribution is 7.90. The lowest BCUT2D eigenvalue weighted by Gasteiger charge is -2.32. The Morgan fingerprint density at radius 3 is 2.72 bits per heavy atom. The summed E-state index contributed by atoms with van der Waals surface area (Å²) in [5.41, 5.74) is 6.22. The molecule has 0 aliphatic carbocycles. The van der Waals surface area contributed by atoms with E-state index in [0.717, 1.165) is 0 Å². The molecule has 0 spiro atoms. The van der Waals surface area contributed by atoms with Crippen molar-refractivity contribution in [2.45, 2.75) is 24.7 Å². The number of amides is 1. The number of nitrogens with one attached hydrogen (secondary N) is 1. The van der Waals surface area contributed by atoms with E-state index in [9.17, 15) is 13.2 Å². The summed E-state index contributed by atoms with van der Waals surface area (Å²) < 4.78 is 28.3. The van der Waals surface area contributed by atoms with Gasteiger partial charge in [-0.25, -0.2) is 0 Å². The van der Waals surface area contributed by atoms with Crippen LogP contribution in [0.1, 0.15) is 25.3 Å². The van der Waals surface area contributed by atoms with Crippen LogP contribution in [-0.4, -0.2) is 51.2 Å². The average molecular weight is 364 g/mol. The first-order chi connectivity index (χ1) is 11.9. The number of amidine groups is 1. The Balaban J connectivity index is 1.63. The summed E-state index contributed by atoms with van der Waals surface area (Å²) >= 11 is 0. The summed E-state index contributed by atoms with van der Waals surface area (Å²) in [5, 5.41) is 2.95. The molecule has 136 valence electrons. The quantitative estimate of drug-likeness (QED) is 0.812. The van der Waals surface area contributed by atoms with E-state index in [1.54, 1.807) is 18.2 Å². The van der Waals surface area contributed by atoms with Crippen LogP contribution < -0.4 is 11.1 Å². The number of piperidine rings is 1. The lowest BCUT2D eigenvalue weighted by Crippen LogP contribution is -2.44. The number of nitrogens with zero attached hydrogens (tertiary/aromatic N) is 2. The number of fused-ring (bicyclic) bond motifs is 1. The number of nitrogens with two attached hydrogens (primary N) is 1. The van der Waals surface area contributed by atoms with Crippen LogP contribution >= 0.6 is 0 Å². The van der Waals surface area contributed by atoms with Crippen molar-refractivity contribution in [2.75, 3.05) is 26.2 Å². The molecule has 1 amide bonds. The number of benzene rings is 1. The van der Waals surface area contributed by atoms with Gasteiger partial charge in [-0.05, 0) is 37.4 Å². The molecule has 2 aliphatic heterocycles. The standard InChI is InChI=1S/C17H24N4O3S/c1-12(10-18)11-19-17(22)13-6-8-21(9-7-13)16-14-4-2-3-5-15(14)25(23,24)20-16/h2-5,12-13H,6-11,18H2,1H3,(H,19,22). The molecule has 8 heteroatoms. The van der Waals surface area contributed by atoms with Gasteiger partial charge in [-0.2, -0.15) is 8.42 Å². The Morgan fingerprint density at radius 2 is 2.04 bits per heavy atom. The molecule has 3 N–H and O–H groups in total. The molecule has 1 aromatic rings. The minimum Gasteiger partial charge on any atom is -0.356 e. The van der Waals surface area contributed by atoms with Crippen LogP contribution in [0.4, 0.5) is 0 Å². The Morgan fingerprint density at radius 1 is 1.36 bits per heavy atom. The molecule has 0 saturated carbocycles. The molecule has 1 unspecified atom stereocenters. The van der Waals surface area contributed by atoms with E-state index < -0.39 is 10.0 Å². The predicted molar refractivity (Wildman–Crippen MR) is 95.7 cm³/mol. The first kappa shape index (κ1) is 17.9. The molecule has 25 heavy (non-hydrogen) atoms. The molecule has 1 atom stereocenters. The molecule has 1 aromatic carbocycles. The van der Waals surface area contributed by atoms with Crippen LogP contribution in [0.2, 0.25) is 0 Å². The summed E-state index contributed by atoms with van der Waals surface area (Å²) in [5.74, 6) is 0.779. The van der Waals surface area contributed by atoms with Crippen LogP contribution in [0, 0.1) is 11.8 Å². The maximum absolute atomic E-state index is 12.3. The zero-order valence-electron chi connectivity index (χ0n) is 14.3. The van der Waals surface area contributed by atoms with Gasteiger partial charge in [-0.15, -0.1) is 4.40 Å². The monoisotopic (exact) mass is 364 g/mol. The molecule has 2 aliphatic rings. The Bertz CT molecular complexity index is 783. The van der Waals surface area contributed by atoms with Crippen LogP contribution in [0.25, 0.3) is 0 Å². The van der Waals surface area contributed by atoms with Crippen molar-refractivity contribution in [1.82, 2.24) is 10.2 Å². The summed E-state index contributed by atoms with van der Waals surface area (Å²) in [6, 6.07) is 6.88. The van der Waals surface area contributed by atoms with Crippen molar-refractivity contribution in [2.24, 2.45) is 22.0 Å². The van der Waals surface area contributed by atoms with Gasteiger partial charge in [0.2, 0.25) is 5.91 Å². The fraction of sp³-hybridized carbons (Fsp3) is 0.529. The molecule has 0 bridgehead atoms. The van der Waals surface area contributed by atoms with Gasteiger partial charge in [-0.1, -0.05) is 19.1 Å². The summed E-state index contributed by atoms with van der Waals surface area (Å²) in [6.45, 7) is 4.37. The smallest absolute Gasteiger partial charge is 0.285 e. The van der Waals surface area contributed by atoms with E-state index in [0.29, 0.717) is 50.4 Å². The van der Waals surface area contributed by atoms with Gasteiger partial charge in [0.05, 0.1) is 0 Å². The van der Waals surface area contributed by atoms with Crippen molar-refractivity contribution in [3.63, 3.8) is 0 Å². The second-order valence-corrected chi connectivity index (χ2v) is 8.31. The highest BCUT2D eigenvalue weighted by Gasteiger charge is 2.34. The number of hydrogen-bond donors (Lipinski definition) is 2. The number of likely N-dealkylation sites (tertiary alicyclic amines) is 1. The summed E-state index contributed by atoms with van der Waals surface area (Å²) in [4.78, 5) is 14.5. The van der Waals surface area contributed by atoms with Gasteiger partial charge in [0.1, 0.15) is 4.90 Å². The summed E-state index contributed by atoms with van der Waals surface area (Å²) in [7, 11) is -3.60. The van der Waals surface area contributed by atoms with E-state index in [1.807, 2.05) is 17.9 Å². The van der Waals surface area contributed by atoms with Crippen molar-refractivity contribution >= 4 is 21.8 Å². The number of carbonyl (C=O) groups excluding carboxylic acids is 1. The minimum absolute atomic E-state index is 0.0462. The zero-order valence-corrected chi connectivity index (χ0v) is 15.1. The third-order valence-electron chi connectivity index (χ3n) is 4.80. The molecule has 7 nitrogen and oxygen atoms in total. The largest absolute Gasteiger partial charge is 0.356 e. The van der Waals surface area contributed by atoms with Crippen molar-refractivity contribution < 1.29 is 13.2 Å². The van der Waals surface area contributed by atoms with Crippen LogP contribution in [0.3, 0.4) is 0 Å². The highest BCUT2D eigenvalue weighted by Crippen LogP contribution is 2.29. The molecule has 2 heterocycles. The van der Waals surface area contributed by atoms with E-state index >= 15 is 0 Å². The van der Waals surface area contributed by atoms with Gasteiger partial charge < -0.3 is 16.0 Å². The molecule has 1 saturated heterocycles. The molecule has 3 rings (SSSR count). The average Bonchev–Trinajstić information content (AvgIpc) is 2.91. The third-order valence-corrected chi connectivity index (χ3v) is 6.13. The van der Waals surface area contributed by atoms with Crippen molar-refractivity contribution in [1.29, 1.82) is 0 Å². The normalized spacial score (nSPS) is 20.7. The van der Waals surface area contributed by atoms with Gasteiger partial charge in [0.25, 0.3) is 10.0 Å². The fourth-order valence-corrected chi connectivity index (χ4v) is 4.40. The van der Waals surface area contributed by atoms with Crippen molar-refractivity contribution in [3.05, 3.63) is 29.8 Å². The number of rotatable bonds is 4. The Kier molecular flexibility index (Phi) is 5.10. The number of carbonyl (C=O) groups is 1. The molecule has 0 aromatic heterocycles. The highest BCUT2D eigenvalue weighted by atomic mass is 32.2. The van der Waals surface area contributed by atoms with E-state index in [-0.39, 0.29) is 22.6 Å². The van der Waals surface area contributed by atoms with Crippen LogP contribution in [0.5, 0.6) is 0 Å². The lowest BCUT2D eigenvalue weighted by atomic mass is 9.95. The Hall–Kier alpha value is -1.93. The number of hydrogen-bond acceptors (Lipinski definition) is 5. The van der Waals surface area contributed by atoms with E-state index in [1.165, 1.54) is 0 Å². The van der Waals surface area contributed by atoms with Crippen LogP contribution in [0.15, 0.2) is 33.6 Å². The van der Waals surface area contributed by atoms with E-state index in [4.69, 9.17) is 5.73 Å². The maximum atomic E-state index is 12.3. The molecule has 0 radical (unpaired) electrons. The van der Waals surface area contributed by atoms with Crippen LogP contribution in [-0.2, 0) is 14.8 Å². The van der Waals surface area contributed by atoms with Gasteiger partial charge in [0, 0.05) is 31.1 Å². The van der Waals surface area contributed by atoms with Crippen molar-refractivity contribution in [3.8, 4) is 0 Å². The van der Waals surface area contributed by atoms with Gasteiger partial charge >= 0.3 is 0 Å². The second-order valence-electron chi connectivity index (χ2n) is 6.73. The Labute approximate surface area is 148 Å². The first-order valence-electron chi connectivity index (χ1n) is 8.59. The topological polar surface area (TPSA) is 105 Å². The van der Waals surface area contributed by atoms with Gasteiger partial charge in [-0.3, -0.25) is 4.79 Å².